The molecule has 0 heterocycles. The number of hydrogen-bond acceptors (Lipinski definition) is 2. The molecule has 15 heavy (non-hydrogen) atoms. The van der Waals surface area contributed by atoms with E-state index >= 15 is 0 Å². The van der Waals surface area contributed by atoms with Crippen molar-refractivity contribution in [1.82, 2.24) is 5.32 Å². The number of benzene rings is 1. The monoisotopic (exact) mass is 319 g/mol. The average molecular weight is 319 g/mol. The maximum atomic E-state index is 5.62. The molecule has 0 fully saturated rings. The summed E-state index contributed by atoms with van der Waals surface area (Å²) in [6.45, 7) is 5.10. The fourth-order valence-electron chi connectivity index (χ4n) is 1.25. The summed E-state index contributed by atoms with van der Waals surface area (Å²) >= 11 is 2.29. The first-order valence-electron chi connectivity index (χ1n) is 5.42. The summed E-state index contributed by atoms with van der Waals surface area (Å²) in [5.74, 6) is 0.970. The maximum absolute atomic E-state index is 5.62. The molecule has 0 aromatic heterocycles. The van der Waals surface area contributed by atoms with Gasteiger partial charge in [0.1, 0.15) is 5.75 Å². The third kappa shape index (κ3) is 5.99. The first-order chi connectivity index (χ1) is 7.33. The molecular weight excluding hydrogens is 301 g/mol. The molecule has 1 aromatic carbocycles. The third-order valence-electron chi connectivity index (χ3n) is 1.99. The molecule has 1 aromatic rings. The van der Waals surface area contributed by atoms with Gasteiger partial charge in [0, 0.05) is 3.57 Å². The van der Waals surface area contributed by atoms with Crippen LogP contribution in [-0.2, 0) is 0 Å². The number of halogens is 1. The first kappa shape index (κ1) is 12.8. The minimum atomic E-state index is 0.788. The molecule has 2 nitrogen and oxygen atoms in total. The van der Waals surface area contributed by atoms with Crippen LogP contribution in [-0.4, -0.2) is 19.7 Å². The van der Waals surface area contributed by atoms with Crippen LogP contribution in [0.1, 0.15) is 19.8 Å². The topological polar surface area (TPSA) is 21.3 Å². The van der Waals surface area contributed by atoms with Crippen molar-refractivity contribution in [1.29, 1.82) is 0 Å². The zero-order valence-electron chi connectivity index (χ0n) is 9.13. The molecule has 3 heteroatoms. The molecule has 1 rings (SSSR count). The smallest absolute Gasteiger partial charge is 0.120 e. The molecule has 0 unspecified atom stereocenters. The molecule has 0 spiro atoms. The van der Waals surface area contributed by atoms with Crippen LogP contribution >= 0.6 is 22.6 Å². The van der Waals surface area contributed by atoms with Crippen molar-refractivity contribution in [3.8, 4) is 5.75 Å². The Labute approximate surface area is 106 Å². The lowest BCUT2D eigenvalue weighted by Gasteiger charge is -2.06. The van der Waals surface area contributed by atoms with E-state index in [1.165, 1.54) is 9.99 Å². The Bertz CT molecular complexity index is 278. The average Bonchev–Trinajstić information content (AvgIpc) is 2.23. The van der Waals surface area contributed by atoms with Crippen molar-refractivity contribution in [2.45, 2.75) is 19.8 Å². The minimum absolute atomic E-state index is 0.788. The largest absolute Gasteiger partial charge is 0.494 e. The normalized spacial score (nSPS) is 10.3. The van der Waals surface area contributed by atoms with Crippen molar-refractivity contribution in [2.24, 2.45) is 0 Å². The quantitative estimate of drug-likeness (QED) is 0.616. The standard InChI is InChI=1S/C12H18INO/c1-2-7-14-8-4-9-15-12-6-3-5-11(13)10-12/h3,5-6,10,14H,2,4,7-9H2,1H3. The second-order valence-corrected chi connectivity index (χ2v) is 4.66. The fourth-order valence-corrected chi connectivity index (χ4v) is 1.76. The van der Waals surface area contributed by atoms with Gasteiger partial charge in [-0.05, 0) is 66.7 Å². The number of ether oxygens (including phenoxy) is 1. The number of rotatable bonds is 7. The van der Waals surface area contributed by atoms with Gasteiger partial charge in [-0.15, -0.1) is 0 Å². The molecule has 1 N–H and O–H groups in total. The number of hydrogen-bond donors (Lipinski definition) is 1. The summed E-state index contributed by atoms with van der Waals surface area (Å²) in [6.07, 6.45) is 2.25. The molecule has 0 atom stereocenters. The van der Waals surface area contributed by atoms with Gasteiger partial charge >= 0.3 is 0 Å². The zero-order valence-corrected chi connectivity index (χ0v) is 11.3. The van der Waals surface area contributed by atoms with Crippen molar-refractivity contribution in [3.63, 3.8) is 0 Å². The highest BCUT2D eigenvalue weighted by Crippen LogP contribution is 2.14. The Kier molecular flexibility index (Phi) is 6.76. The maximum Gasteiger partial charge on any atom is 0.120 e. The Morgan fingerprint density at radius 3 is 2.93 bits per heavy atom. The van der Waals surface area contributed by atoms with Crippen LogP contribution in [0.25, 0.3) is 0 Å². The Balaban J connectivity index is 2.10. The van der Waals surface area contributed by atoms with E-state index in [4.69, 9.17) is 4.74 Å². The lowest BCUT2D eigenvalue weighted by atomic mass is 10.3. The summed E-state index contributed by atoms with van der Waals surface area (Å²) in [5, 5.41) is 3.35. The molecule has 0 aliphatic rings. The van der Waals surface area contributed by atoms with Crippen molar-refractivity contribution in [2.75, 3.05) is 19.7 Å². The highest BCUT2D eigenvalue weighted by molar-refractivity contribution is 14.1. The highest BCUT2D eigenvalue weighted by Gasteiger charge is 1.94. The Morgan fingerprint density at radius 2 is 2.20 bits per heavy atom. The van der Waals surface area contributed by atoms with Gasteiger partial charge in [0.15, 0.2) is 0 Å². The lowest BCUT2D eigenvalue weighted by Crippen LogP contribution is -2.18. The summed E-state index contributed by atoms with van der Waals surface area (Å²) in [6, 6.07) is 8.14. The van der Waals surface area contributed by atoms with E-state index in [1.807, 2.05) is 12.1 Å². The zero-order chi connectivity index (χ0) is 10.9. The minimum Gasteiger partial charge on any atom is -0.494 e. The van der Waals surface area contributed by atoms with E-state index < -0.39 is 0 Å². The van der Waals surface area contributed by atoms with E-state index in [-0.39, 0.29) is 0 Å². The van der Waals surface area contributed by atoms with Crippen LogP contribution in [0.4, 0.5) is 0 Å². The van der Waals surface area contributed by atoms with Crippen molar-refractivity contribution >= 4 is 22.6 Å². The molecule has 84 valence electrons. The molecule has 0 aliphatic carbocycles. The summed E-state index contributed by atoms with van der Waals surface area (Å²) < 4.78 is 6.84. The van der Waals surface area contributed by atoms with E-state index in [0.717, 1.165) is 31.9 Å². The summed E-state index contributed by atoms with van der Waals surface area (Å²) in [7, 11) is 0. The Hall–Kier alpha value is -0.290. The first-order valence-corrected chi connectivity index (χ1v) is 6.50. The third-order valence-corrected chi connectivity index (χ3v) is 2.66. The van der Waals surface area contributed by atoms with E-state index in [9.17, 15) is 0 Å². The molecule has 0 saturated heterocycles. The van der Waals surface area contributed by atoms with Gasteiger partial charge in [0.25, 0.3) is 0 Å². The van der Waals surface area contributed by atoms with Crippen molar-refractivity contribution in [3.05, 3.63) is 27.8 Å². The van der Waals surface area contributed by atoms with Crippen LogP contribution < -0.4 is 10.1 Å². The van der Waals surface area contributed by atoms with E-state index in [1.54, 1.807) is 0 Å². The van der Waals surface area contributed by atoms with Gasteiger partial charge in [-0.2, -0.15) is 0 Å². The van der Waals surface area contributed by atoms with Crippen LogP contribution in [0.2, 0.25) is 0 Å². The lowest BCUT2D eigenvalue weighted by molar-refractivity contribution is 0.308. The SMILES string of the molecule is CCCNCCCOc1cccc(I)c1. The molecular formula is C12H18INO. The summed E-state index contributed by atoms with van der Waals surface area (Å²) in [4.78, 5) is 0. The van der Waals surface area contributed by atoms with Gasteiger partial charge in [0.2, 0.25) is 0 Å². The van der Waals surface area contributed by atoms with Gasteiger partial charge < -0.3 is 10.1 Å². The number of nitrogens with one attached hydrogen (secondary N) is 1. The van der Waals surface area contributed by atoms with Crippen molar-refractivity contribution < 1.29 is 4.74 Å². The molecule has 0 radical (unpaired) electrons. The van der Waals surface area contributed by atoms with Gasteiger partial charge in [0.05, 0.1) is 6.61 Å². The second kappa shape index (κ2) is 7.93. The van der Waals surface area contributed by atoms with E-state index in [2.05, 4.69) is 47.0 Å². The fraction of sp³-hybridized carbons (Fsp3) is 0.500. The Morgan fingerprint density at radius 1 is 1.33 bits per heavy atom. The van der Waals surface area contributed by atoms with E-state index in [0.29, 0.717) is 0 Å². The summed E-state index contributed by atoms with van der Waals surface area (Å²) in [5.41, 5.74) is 0. The molecule has 0 saturated carbocycles. The van der Waals surface area contributed by atoms with Crippen LogP contribution in [0.5, 0.6) is 5.75 Å². The van der Waals surface area contributed by atoms with Gasteiger partial charge in [-0.25, -0.2) is 0 Å². The molecule has 0 amide bonds. The predicted octanol–water partition coefficient (Wildman–Crippen LogP) is 3.06. The molecule has 0 bridgehead atoms. The van der Waals surface area contributed by atoms with Gasteiger partial charge in [-0.1, -0.05) is 13.0 Å². The second-order valence-electron chi connectivity index (χ2n) is 3.41. The van der Waals surface area contributed by atoms with Crippen LogP contribution in [0, 0.1) is 3.57 Å². The van der Waals surface area contributed by atoms with Crippen LogP contribution in [0.3, 0.4) is 0 Å². The molecule has 0 aliphatic heterocycles. The highest BCUT2D eigenvalue weighted by atomic mass is 127. The van der Waals surface area contributed by atoms with Crippen LogP contribution in [0.15, 0.2) is 24.3 Å². The predicted molar refractivity (Wildman–Crippen MR) is 72.4 cm³/mol. The van der Waals surface area contributed by atoms with Gasteiger partial charge in [-0.3, -0.25) is 0 Å².